The average Bonchev–Trinajstić information content (AvgIpc) is 2.67. The van der Waals surface area contributed by atoms with Crippen LogP contribution in [0.2, 0.25) is 0 Å². The molecule has 0 bridgehead atoms. The van der Waals surface area contributed by atoms with E-state index in [0.29, 0.717) is 30.0 Å². The molecule has 2 aromatic rings. The molecule has 1 heterocycles. The fourth-order valence-electron chi connectivity index (χ4n) is 3.34. The summed E-state index contributed by atoms with van der Waals surface area (Å²) in [5.41, 5.74) is 2.33. The third-order valence-electron chi connectivity index (χ3n) is 4.75. The van der Waals surface area contributed by atoms with E-state index in [-0.39, 0.29) is 17.6 Å². The molecule has 0 radical (unpaired) electrons. The molecule has 0 aliphatic carbocycles. The summed E-state index contributed by atoms with van der Waals surface area (Å²) in [7, 11) is 3.17. The molecule has 7 heteroatoms. The van der Waals surface area contributed by atoms with E-state index in [2.05, 4.69) is 0 Å². The fraction of sp³-hybridized carbons (Fsp3) is 0.316. The summed E-state index contributed by atoms with van der Waals surface area (Å²) in [4.78, 5) is 25.1. The van der Waals surface area contributed by atoms with E-state index in [1.54, 1.807) is 25.2 Å². The Labute approximate surface area is 151 Å². The van der Waals surface area contributed by atoms with E-state index in [1.807, 2.05) is 19.1 Å². The molecule has 0 spiro atoms. The Morgan fingerprint density at radius 3 is 2.54 bits per heavy atom. The molecule has 0 unspecified atom stereocenters. The van der Waals surface area contributed by atoms with Crippen molar-refractivity contribution in [2.45, 2.75) is 19.4 Å². The van der Waals surface area contributed by atoms with Gasteiger partial charge in [-0.3, -0.25) is 14.9 Å². The number of rotatable bonds is 4. The maximum Gasteiger partial charge on any atom is 0.270 e. The number of hydrogen-bond acceptors (Lipinski definition) is 5. The molecule has 136 valence electrons. The summed E-state index contributed by atoms with van der Waals surface area (Å²) in [6, 6.07) is 9.49. The van der Waals surface area contributed by atoms with Crippen molar-refractivity contribution in [2.75, 3.05) is 20.8 Å². The molecule has 0 saturated heterocycles. The molecular formula is C19H20N2O5. The first-order valence-corrected chi connectivity index (χ1v) is 8.26. The Hall–Kier alpha value is -3.09. The molecule has 7 nitrogen and oxygen atoms in total. The lowest BCUT2D eigenvalue weighted by atomic mass is 9.92. The minimum Gasteiger partial charge on any atom is -0.493 e. The van der Waals surface area contributed by atoms with Crippen LogP contribution in [0.25, 0.3) is 0 Å². The quantitative estimate of drug-likeness (QED) is 0.620. The maximum absolute atomic E-state index is 12.9. The van der Waals surface area contributed by atoms with Gasteiger partial charge in [0.1, 0.15) is 0 Å². The Balaban J connectivity index is 1.93. The zero-order valence-corrected chi connectivity index (χ0v) is 14.9. The first kappa shape index (κ1) is 17.7. The van der Waals surface area contributed by atoms with Crippen molar-refractivity contribution < 1.29 is 19.2 Å². The minimum atomic E-state index is -0.497. The van der Waals surface area contributed by atoms with Gasteiger partial charge in [0.25, 0.3) is 11.6 Å². The van der Waals surface area contributed by atoms with Gasteiger partial charge in [-0.05, 0) is 42.7 Å². The molecule has 1 aliphatic rings. The van der Waals surface area contributed by atoms with Crippen molar-refractivity contribution in [3.05, 3.63) is 63.2 Å². The summed E-state index contributed by atoms with van der Waals surface area (Å²) in [6.45, 7) is 2.48. The molecule has 0 fully saturated rings. The number of carbonyl (C=O) groups excluding carboxylic acids is 1. The first-order chi connectivity index (χ1) is 12.5. The van der Waals surface area contributed by atoms with Crippen LogP contribution in [0.5, 0.6) is 11.5 Å². The van der Waals surface area contributed by atoms with Crippen LogP contribution in [0, 0.1) is 10.1 Å². The van der Waals surface area contributed by atoms with Gasteiger partial charge in [-0.2, -0.15) is 0 Å². The van der Waals surface area contributed by atoms with Gasteiger partial charge in [-0.15, -0.1) is 0 Å². The van der Waals surface area contributed by atoms with E-state index < -0.39 is 4.92 Å². The van der Waals surface area contributed by atoms with Crippen LogP contribution in [0.3, 0.4) is 0 Å². The maximum atomic E-state index is 12.9. The number of benzene rings is 2. The van der Waals surface area contributed by atoms with Crippen LogP contribution in [0.4, 0.5) is 5.69 Å². The second-order valence-electron chi connectivity index (χ2n) is 6.14. The number of nitro groups is 1. The second-order valence-corrected chi connectivity index (χ2v) is 6.14. The molecule has 26 heavy (non-hydrogen) atoms. The molecule has 0 N–H and O–H groups in total. The zero-order chi connectivity index (χ0) is 18.8. The summed E-state index contributed by atoms with van der Waals surface area (Å²) >= 11 is 0. The Kier molecular flexibility index (Phi) is 4.79. The summed E-state index contributed by atoms with van der Waals surface area (Å²) in [5, 5.41) is 11.0. The standard InChI is InChI=1S/C19H20N2O5/c1-12-16-11-18(26-3)17(25-2)10-13(16)7-8-20(12)19(22)14-5-4-6-15(9-14)21(23)24/h4-6,9-12H,7-8H2,1-3H3/t12-/m0/s1. The topological polar surface area (TPSA) is 81.9 Å². The molecule has 1 amide bonds. The number of nitro benzene ring substituents is 1. The van der Waals surface area contributed by atoms with Gasteiger partial charge in [0.05, 0.1) is 25.2 Å². The number of carbonyl (C=O) groups is 1. The highest BCUT2D eigenvalue weighted by molar-refractivity contribution is 5.95. The van der Waals surface area contributed by atoms with E-state index in [4.69, 9.17) is 9.47 Å². The van der Waals surface area contributed by atoms with Gasteiger partial charge in [-0.1, -0.05) is 6.07 Å². The summed E-state index contributed by atoms with van der Waals surface area (Å²) in [5.74, 6) is 1.06. The first-order valence-electron chi connectivity index (χ1n) is 8.26. The predicted molar refractivity (Wildman–Crippen MR) is 95.8 cm³/mol. The van der Waals surface area contributed by atoms with Crippen molar-refractivity contribution >= 4 is 11.6 Å². The number of non-ortho nitro benzene ring substituents is 1. The number of nitrogens with zero attached hydrogens (tertiary/aromatic N) is 2. The SMILES string of the molecule is COc1cc2c(cc1OC)[C@H](C)N(C(=O)c1cccc([N+](=O)[O-])c1)CC2. The molecule has 1 aliphatic heterocycles. The van der Waals surface area contributed by atoms with Crippen LogP contribution in [0.1, 0.15) is 34.5 Å². The number of amides is 1. The van der Waals surface area contributed by atoms with Gasteiger partial charge < -0.3 is 14.4 Å². The average molecular weight is 356 g/mol. The monoisotopic (exact) mass is 356 g/mol. The third kappa shape index (κ3) is 3.08. The molecule has 0 aromatic heterocycles. The number of hydrogen-bond donors (Lipinski definition) is 0. The van der Waals surface area contributed by atoms with E-state index in [1.165, 1.54) is 18.2 Å². The highest BCUT2D eigenvalue weighted by Gasteiger charge is 2.30. The zero-order valence-electron chi connectivity index (χ0n) is 14.9. The lowest BCUT2D eigenvalue weighted by Gasteiger charge is -2.35. The van der Waals surface area contributed by atoms with E-state index in [0.717, 1.165) is 11.1 Å². The fourth-order valence-corrected chi connectivity index (χ4v) is 3.34. The van der Waals surface area contributed by atoms with Gasteiger partial charge in [0.15, 0.2) is 11.5 Å². The van der Waals surface area contributed by atoms with Crippen molar-refractivity contribution in [3.8, 4) is 11.5 Å². The molecule has 0 saturated carbocycles. The smallest absolute Gasteiger partial charge is 0.270 e. The largest absolute Gasteiger partial charge is 0.493 e. The molecule has 2 aromatic carbocycles. The van der Waals surface area contributed by atoms with Crippen molar-refractivity contribution in [1.29, 1.82) is 0 Å². The summed E-state index contributed by atoms with van der Waals surface area (Å²) in [6.07, 6.45) is 0.681. The van der Waals surface area contributed by atoms with Crippen molar-refractivity contribution in [3.63, 3.8) is 0 Å². The highest BCUT2D eigenvalue weighted by atomic mass is 16.6. The van der Waals surface area contributed by atoms with Gasteiger partial charge in [-0.25, -0.2) is 0 Å². The van der Waals surface area contributed by atoms with E-state index >= 15 is 0 Å². The normalized spacial score (nSPS) is 16.0. The van der Waals surface area contributed by atoms with Crippen LogP contribution < -0.4 is 9.47 Å². The number of fused-ring (bicyclic) bond motifs is 1. The van der Waals surface area contributed by atoms with E-state index in [9.17, 15) is 14.9 Å². The molecular weight excluding hydrogens is 336 g/mol. The third-order valence-corrected chi connectivity index (χ3v) is 4.75. The van der Waals surface area contributed by atoms with Crippen LogP contribution in [-0.4, -0.2) is 36.5 Å². The van der Waals surface area contributed by atoms with Crippen LogP contribution >= 0.6 is 0 Å². The lowest BCUT2D eigenvalue weighted by Crippen LogP contribution is -2.38. The van der Waals surface area contributed by atoms with Gasteiger partial charge in [0, 0.05) is 24.2 Å². The Morgan fingerprint density at radius 2 is 1.88 bits per heavy atom. The number of ether oxygens (including phenoxy) is 2. The van der Waals surface area contributed by atoms with Gasteiger partial charge in [0.2, 0.25) is 0 Å². The van der Waals surface area contributed by atoms with Crippen molar-refractivity contribution in [1.82, 2.24) is 4.90 Å². The Bertz CT molecular complexity index is 865. The Morgan fingerprint density at radius 1 is 1.19 bits per heavy atom. The van der Waals surface area contributed by atoms with Crippen molar-refractivity contribution in [2.24, 2.45) is 0 Å². The molecule has 3 rings (SSSR count). The minimum absolute atomic E-state index is 0.0904. The summed E-state index contributed by atoms with van der Waals surface area (Å²) < 4.78 is 10.7. The highest BCUT2D eigenvalue weighted by Crippen LogP contribution is 2.38. The molecule has 1 atom stereocenters. The number of methoxy groups -OCH3 is 2. The van der Waals surface area contributed by atoms with Crippen LogP contribution in [-0.2, 0) is 6.42 Å². The van der Waals surface area contributed by atoms with Gasteiger partial charge >= 0.3 is 0 Å². The lowest BCUT2D eigenvalue weighted by molar-refractivity contribution is -0.384. The predicted octanol–water partition coefficient (Wildman–Crippen LogP) is 3.37. The second kappa shape index (κ2) is 7.03. The van der Waals surface area contributed by atoms with Crippen LogP contribution in [0.15, 0.2) is 36.4 Å².